The predicted octanol–water partition coefficient (Wildman–Crippen LogP) is 1.28. The quantitative estimate of drug-likeness (QED) is 0.855. The van der Waals surface area contributed by atoms with Crippen molar-refractivity contribution in [3.63, 3.8) is 0 Å². The minimum atomic E-state index is 0.0474. The molecule has 100 valence electrons. The van der Waals surface area contributed by atoms with E-state index in [1.165, 1.54) is 0 Å². The molecule has 0 unspecified atom stereocenters. The summed E-state index contributed by atoms with van der Waals surface area (Å²) >= 11 is 0. The molecule has 1 aromatic heterocycles. The molecule has 0 saturated heterocycles. The molecule has 0 spiro atoms. The molecule has 0 aliphatic carbocycles. The molecule has 0 bridgehead atoms. The Morgan fingerprint density at radius 2 is 2.11 bits per heavy atom. The van der Waals surface area contributed by atoms with Crippen molar-refractivity contribution in [3.05, 3.63) is 17.8 Å². The summed E-state index contributed by atoms with van der Waals surface area (Å²) in [5.74, 6) is 0.748. The number of nitrogen functional groups attached to an aromatic ring is 1. The van der Waals surface area contributed by atoms with E-state index in [-0.39, 0.29) is 5.91 Å². The van der Waals surface area contributed by atoms with Crippen molar-refractivity contribution in [2.24, 2.45) is 0 Å². The monoisotopic (exact) mass is 250 g/mol. The van der Waals surface area contributed by atoms with Gasteiger partial charge in [-0.25, -0.2) is 4.98 Å². The lowest BCUT2D eigenvalue weighted by atomic mass is 10.2. The van der Waals surface area contributed by atoms with Crippen molar-refractivity contribution in [1.29, 1.82) is 0 Å². The lowest BCUT2D eigenvalue weighted by Gasteiger charge is -2.25. The molecule has 1 rings (SSSR count). The van der Waals surface area contributed by atoms with Crippen LogP contribution in [0.25, 0.3) is 0 Å². The van der Waals surface area contributed by atoms with E-state index in [0.29, 0.717) is 18.1 Å². The van der Waals surface area contributed by atoms with E-state index in [2.05, 4.69) is 11.9 Å². The summed E-state index contributed by atoms with van der Waals surface area (Å²) in [7, 11) is 3.50. The first kappa shape index (κ1) is 14.3. The number of carbonyl (C=O) groups is 1. The van der Waals surface area contributed by atoms with Gasteiger partial charge in [-0.3, -0.25) is 4.79 Å². The number of anilines is 2. The zero-order valence-corrected chi connectivity index (χ0v) is 11.6. The van der Waals surface area contributed by atoms with E-state index in [9.17, 15) is 4.79 Å². The molecule has 0 aliphatic rings. The highest BCUT2D eigenvalue weighted by Gasteiger charge is 2.16. The third-order valence-electron chi connectivity index (χ3n) is 2.81. The molecule has 2 N–H and O–H groups in total. The number of aromatic nitrogens is 1. The van der Waals surface area contributed by atoms with Crippen LogP contribution >= 0.6 is 0 Å². The maximum absolute atomic E-state index is 11.8. The summed E-state index contributed by atoms with van der Waals surface area (Å²) in [5, 5.41) is 0. The Kier molecular flexibility index (Phi) is 4.95. The molecule has 0 atom stereocenters. The average molecular weight is 250 g/mol. The first-order chi connectivity index (χ1) is 8.47. The summed E-state index contributed by atoms with van der Waals surface area (Å²) in [6, 6.07) is 1.87. The number of hydrogen-bond donors (Lipinski definition) is 1. The molecule has 0 fully saturated rings. The lowest BCUT2D eigenvalue weighted by Crippen LogP contribution is -2.38. The standard InChI is InChI=1S/C13H22N4O/c1-5-8-17(9-11(18)16(3)4)13-12(14)10(2)6-7-15-13/h6-7H,5,8-9,14H2,1-4H3. The van der Waals surface area contributed by atoms with Gasteiger partial charge in [-0.15, -0.1) is 0 Å². The molecule has 1 aromatic rings. The highest BCUT2D eigenvalue weighted by molar-refractivity contribution is 5.82. The van der Waals surface area contributed by atoms with Crippen molar-refractivity contribution >= 4 is 17.4 Å². The van der Waals surface area contributed by atoms with Gasteiger partial charge in [0.25, 0.3) is 0 Å². The van der Waals surface area contributed by atoms with Crippen molar-refractivity contribution in [1.82, 2.24) is 9.88 Å². The Hall–Kier alpha value is -1.78. The Bertz CT molecular complexity index is 417. The van der Waals surface area contributed by atoms with Crippen molar-refractivity contribution in [3.8, 4) is 0 Å². The van der Waals surface area contributed by atoms with Gasteiger partial charge in [-0.1, -0.05) is 6.92 Å². The van der Waals surface area contributed by atoms with Crippen LogP contribution in [0.5, 0.6) is 0 Å². The molecule has 5 heteroatoms. The molecule has 1 heterocycles. The number of pyridine rings is 1. The number of rotatable bonds is 5. The van der Waals surface area contributed by atoms with E-state index >= 15 is 0 Å². The second kappa shape index (κ2) is 6.23. The maximum Gasteiger partial charge on any atom is 0.241 e. The number of nitrogens with two attached hydrogens (primary N) is 1. The fourth-order valence-corrected chi connectivity index (χ4v) is 1.64. The van der Waals surface area contributed by atoms with Crippen LogP contribution < -0.4 is 10.6 Å². The fraction of sp³-hybridized carbons (Fsp3) is 0.538. The van der Waals surface area contributed by atoms with Crippen LogP contribution in [0.1, 0.15) is 18.9 Å². The summed E-state index contributed by atoms with van der Waals surface area (Å²) < 4.78 is 0. The average Bonchev–Trinajstić information content (AvgIpc) is 2.32. The molecule has 0 aromatic carbocycles. The molecule has 0 radical (unpaired) electrons. The fourth-order valence-electron chi connectivity index (χ4n) is 1.64. The number of likely N-dealkylation sites (N-methyl/N-ethyl adjacent to an activating group) is 1. The van der Waals surface area contributed by atoms with E-state index < -0.39 is 0 Å². The lowest BCUT2D eigenvalue weighted by molar-refractivity contribution is -0.127. The van der Waals surface area contributed by atoms with Gasteiger partial charge < -0.3 is 15.5 Å². The summed E-state index contributed by atoms with van der Waals surface area (Å²) in [5.41, 5.74) is 7.67. The van der Waals surface area contributed by atoms with Crippen LogP contribution in [0.2, 0.25) is 0 Å². The van der Waals surface area contributed by atoms with Gasteiger partial charge in [-0.2, -0.15) is 0 Å². The number of carbonyl (C=O) groups excluding carboxylic acids is 1. The number of hydrogen-bond acceptors (Lipinski definition) is 4. The largest absolute Gasteiger partial charge is 0.396 e. The molecular weight excluding hydrogens is 228 g/mol. The van der Waals surface area contributed by atoms with Crippen LogP contribution in [0, 0.1) is 6.92 Å². The minimum absolute atomic E-state index is 0.0474. The van der Waals surface area contributed by atoms with Gasteiger partial charge in [0, 0.05) is 26.8 Å². The maximum atomic E-state index is 11.8. The molecular formula is C13H22N4O. The van der Waals surface area contributed by atoms with Crippen LogP contribution in [0.15, 0.2) is 12.3 Å². The van der Waals surface area contributed by atoms with Crippen molar-refractivity contribution in [2.75, 3.05) is 37.8 Å². The highest BCUT2D eigenvalue weighted by atomic mass is 16.2. The second-order valence-electron chi connectivity index (χ2n) is 4.57. The topological polar surface area (TPSA) is 62.5 Å². The normalized spacial score (nSPS) is 10.2. The van der Waals surface area contributed by atoms with Crippen molar-refractivity contribution in [2.45, 2.75) is 20.3 Å². The SMILES string of the molecule is CCCN(CC(=O)N(C)C)c1nccc(C)c1N. The molecule has 0 aliphatic heterocycles. The van der Waals surface area contributed by atoms with Gasteiger partial charge in [0.2, 0.25) is 5.91 Å². The number of amides is 1. The first-order valence-corrected chi connectivity index (χ1v) is 6.13. The predicted molar refractivity (Wildman–Crippen MR) is 74.6 cm³/mol. The summed E-state index contributed by atoms with van der Waals surface area (Å²) in [6.45, 7) is 5.08. The van der Waals surface area contributed by atoms with Gasteiger partial charge in [0.05, 0.1) is 12.2 Å². The van der Waals surface area contributed by atoms with Crippen LogP contribution in [-0.4, -0.2) is 43.0 Å². The second-order valence-corrected chi connectivity index (χ2v) is 4.57. The Morgan fingerprint density at radius 3 is 2.67 bits per heavy atom. The summed E-state index contributed by atoms with van der Waals surface area (Å²) in [6.07, 6.45) is 2.67. The van der Waals surface area contributed by atoms with Crippen LogP contribution in [0.4, 0.5) is 11.5 Å². The zero-order chi connectivity index (χ0) is 13.7. The van der Waals surface area contributed by atoms with Crippen LogP contribution in [-0.2, 0) is 4.79 Å². The van der Waals surface area contributed by atoms with Gasteiger partial charge >= 0.3 is 0 Å². The van der Waals surface area contributed by atoms with Gasteiger partial charge in [0.15, 0.2) is 5.82 Å². The van der Waals surface area contributed by atoms with Crippen molar-refractivity contribution < 1.29 is 4.79 Å². The Balaban J connectivity index is 2.97. The smallest absolute Gasteiger partial charge is 0.241 e. The minimum Gasteiger partial charge on any atom is -0.396 e. The molecule has 18 heavy (non-hydrogen) atoms. The van der Waals surface area contributed by atoms with Gasteiger partial charge in [-0.05, 0) is 25.0 Å². The third kappa shape index (κ3) is 3.35. The molecule has 5 nitrogen and oxygen atoms in total. The van der Waals surface area contributed by atoms with E-state index in [4.69, 9.17) is 5.73 Å². The number of aryl methyl sites for hydroxylation is 1. The third-order valence-corrected chi connectivity index (χ3v) is 2.81. The highest BCUT2D eigenvalue weighted by Crippen LogP contribution is 2.23. The zero-order valence-electron chi connectivity index (χ0n) is 11.6. The van der Waals surface area contributed by atoms with Crippen LogP contribution in [0.3, 0.4) is 0 Å². The van der Waals surface area contributed by atoms with E-state index in [0.717, 1.165) is 18.5 Å². The first-order valence-electron chi connectivity index (χ1n) is 6.13. The van der Waals surface area contributed by atoms with Gasteiger partial charge in [0.1, 0.15) is 0 Å². The summed E-state index contributed by atoms with van der Waals surface area (Å²) in [4.78, 5) is 19.6. The van der Waals surface area contributed by atoms with E-state index in [1.54, 1.807) is 25.2 Å². The molecule has 1 amide bonds. The Labute approximate surface area is 109 Å². The Morgan fingerprint density at radius 1 is 1.44 bits per heavy atom. The molecule has 0 saturated carbocycles. The van der Waals surface area contributed by atoms with E-state index in [1.807, 2.05) is 17.9 Å². The number of nitrogens with zero attached hydrogens (tertiary/aromatic N) is 3.